The lowest BCUT2D eigenvalue weighted by atomic mass is 10.2. The summed E-state index contributed by atoms with van der Waals surface area (Å²) in [6.45, 7) is -0.607. The van der Waals surface area contributed by atoms with Crippen molar-refractivity contribution in [2.24, 2.45) is 5.73 Å². The van der Waals surface area contributed by atoms with Gasteiger partial charge in [-0.25, -0.2) is 4.39 Å². The van der Waals surface area contributed by atoms with E-state index < -0.39 is 23.5 Å². The highest BCUT2D eigenvalue weighted by atomic mass is 19.1. The number of ether oxygens (including phenoxy) is 1. The second kappa shape index (κ2) is 8.61. The normalized spacial score (nSPS) is 10.1. The zero-order chi connectivity index (χ0) is 19.1. The lowest BCUT2D eigenvalue weighted by Crippen LogP contribution is -2.37. The molecule has 2 aromatic carbocycles. The van der Waals surface area contributed by atoms with Gasteiger partial charge in [-0.1, -0.05) is 18.2 Å². The van der Waals surface area contributed by atoms with Crippen LogP contribution in [-0.4, -0.2) is 42.8 Å². The van der Waals surface area contributed by atoms with Crippen LogP contribution in [0.5, 0.6) is 5.75 Å². The molecule has 0 unspecified atom stereocenters. The number of halogens is 1. The summed E-state index contributed by atoms with van der Waals surface area (Å²) >= 11 is 0. The molecule has 26 heavy (non-hydrogen) atoms. The second-order valence-electron chi connectivity index (χ2n) is 5.46. The van der Waals surface area contributed by atoms with E-state index in [1.165, 1.54) is 43.4 Å². The maximum atomic E-state index is 13.1. The molecule has 0 bridgehead atoms. The number of para-hydroxylation sites is 1. The number of rotatable bonds is 7. The molecule has 0 aliphatic carbocycles. The first-order chi connectivity index (χ1) is 12.4. The number of benzene rings is 2. The van der Waals surface area contributed by atoms with Gasteiger partial charge in [-0.15, -0.1) is 0 Å². The van der Waals surface area contributed by atoms with Crippen LogP contribution in [0.25, 0.3) is 0 Å². The third-order valence-corrected chi connectivity index (χ3v) is 3.42. The first kappa shape index (κ1) is 18.9. The Balaban J connectivity index is 1.87. The van der Waals surface area contributed by atoms with Crippen molar-refractivity contribution in [1.82, 2.24) is 4.90 Å². The summed E-state index contributed by atoms with van der Waals surface area (Å²) in [6.07, 6.45) is 0. The Labute approximate surface area is 149 Å². The maximum Gasteiger partial charge on any atom is 0.260 e. The molecule has 0 saturated heterocycles. The fourth-order valence-corrected chi connectivity index (χ4v) is 2.12. The Hall–Kier alpha value is -3.42. The smallest absolute Gasteiger partial charge is 0.260 e. The Kier molecular flexibility index (Phi) is 6.26. The minimum atomic E-state index is -0.670. The third-order valence-electron chi connectivity index (χ3n) is 3.42. The Morgan fingerprint density at radius 2 is 1.88 bits per heavy atom. The predicted octanol–water partition coefficient (Wildman–Crippen LogP) is 1.40. The average molecular weight is 359 g/mol. The molecule has 136 valence electrons. The molecule has 8 heteroatoms. The van der Waals surface area contributed by atoms with Crippen LogP contribution in [0.2, 0.25) is 0 Å². The topological polar surface area (TPSA) is 102 Å². The average Bonchev–Trinajstić information content (AvgIpc) is 2.59. The van der Waals surface area contributed by atoms with Gasteiger partial charge < -0.3 is 20.7 Å². The van der Waals surface area contributed by atoms with E-state index in [1.54, 1.807) is 12.1 Å². The number of hydrogen-bond donors (Lipinski definition) is 2. The first-order valence-corrected chi connectivity index (χ1v) is 7.68. The molecular weight excluding hydrogens is 341 g/mol. The van der Waals surface area contributed by atoms with Gasteiger partial charge in [-0.05, 0) is 30.3 Å². The molecule has 0 radical (unpaired) electrons. The van der Waals surface area contributed by atoms with Crippen LogP contribution in [-0.2, 0) is 9.59 Å². The van der Waals surface area contributed by atoms with Crippen LogP contribution < -0.4 is 15.8 Å². The van der Waals surface area contributed by atoms with Gasteiger partial charge in [0.05, 0.1) is 12.1 Å². The van der Waals surface area contributed by atoms with Crippen molar-refractivity contribution in [3.05, 3.63) is 59.9 Å². The number of carbonyl (C=O) groups is 3. The van der Waals surface area contributed by atoms with Gasteiger partial charge in [0, 0.05) is 12.7 Å². The van der Waals surface area contributed by atoms with Crippen molar-refractivity contribution in [3.8, 4) is 5.75 Å². The number of primary amides is 1. The van der Waals surface area contributed by atoms with Gasteiger partial charge >= 0.3 is 0 Å². The maximum absolute atomic E-state index is 13.1. The predicted molar refractivity (Wildman–Crippen MR) is 93.1 cm³/mol. The van der Waals surface area contributed by atoms with E-state index in [9.17, 15) is 18.8 Å². The molecule has 0 heterocycles. The van der Waals surface area contributed by atoms with E-state index >= 15 is 0 Å². The van der Waals surface area contributed by atoms with E-state index in [4.69, 9.17) is 10.5 Å². The van der Waals surface area contributed by atoms with Gasteiger partial charge in [-0.2, -0.15) is 0 Å². The SMILES string of the molecule is CN(CC(=O)Nc1cccc(F)c1)C(=O)COc1ccccc1C(N)=O. The number of carbonyl (C=O) groups excluding carboxylic acids is 3. The highest BCUT2D eigenvalue weighted by Gasteiger charge is 2.15. The van der Waals surface area contributed by atoms with Crippen LogP contribution in [0.1, 0.15) is 10.4 Å². The molecule has 0 spiro atoms. The van der Waals surface area contributed by atoms with Crippen molar-refractivity contribution in [2.45, 2.75) is 0 Å². The van der Waals surface area contributed by atoms with Gasteiger partial charge in [-0.3, -0.25) is 14.4 Å². The summed E-state index contributed by atoms with van der Waals surface area (Å²) in [4.78, 5) is 36.5. The minimum Gasteiger partial charge on any atom is -0.483 e. The van der Waals surface area contributed by atoms with Crippen LogP contribution in [0.15, 0.2) is 48.5 Å². The molecule has 0 aromatic heterocycles. The molecule has 0 fully saturated rings. The molecule has 3 N–H and O–H groups in total. The summed E-state index contributed by atoms with van der Waals surface area (Å²) in [7, 11) is 1.43. The zero-order valence-electron chi connectivity index (χ0n) is 14.1. The number of anilines is 1. The molecule has 0 saturated carbocycles. The molecule has 0 aliphatic rings. The quantitative estimate of drug-likeness (QED) is 0.780. The van der Waals surface area contributed by atoms with E-state index in [2.05, 4.69) is 5.32 Å². The van der Waals surface area contributed by atoms with E-state index in [0.29, 0.717) is 5.69 Å². The lowest BCUT2D eigenvalue weighted by molar-refractivity contribution is -0.135. The third kappa shape index (κ3) is 5.30. The largest absolute Gasteiger partial charge is 0.483 e. The molecule has 7 nitrogen and oxygen atoms in total. The summed E-state index contributed by atoms with van der Waals surface area (Å²) in [5, 5.41) is 2.49. The van der Waals surface area contributed by atoms with Gasteiger partial charge in [0.2, 0.25) is 5.91 Å². The van der Waals surface area contributed by atoms with Gasteiger partial charge in [0.25, 0.3) is 11.8 Å². The first-order valence-electron chi connectivity index (χ1n) is 7.68. The van der Waals surface area contributed by atoms with E-state index in [-0.39, 0.29) is 24.5 Å². The van der Waals surface area contributed by atoms with Crippen molar-refractivity contribution < 1.29 is 23.5 Å². The Bertz CT molecular complexity index is 826. The number of amides is 3. The van der Waals surface area contributed by atoms with Gasteiger partial charge in [0.1, 0.15) is 11.6 Å². The molecule has 2 aromatic rings. The number of nitrogens with zero attached hydrogens (tertiary/aromatic N) is 1. The number of nitrogens with two attached hydrogens (primary N) is 1. The summed E-state index contributed by atoms with van der Waals surface area (Å²) in [5.74, 6) is -1.92. The fourth-order valence-electron chi connectivity index (χ4n) is 2.12. The van der Waals surface area contributed by atoms with Crippen molar-refractivity contribution >= 4 is 23.4 Å². The highest BCUT2D eigenvalue weighted by molar-refractivity contribution is 5.96. The fraction of sp³-hybridized carbons (Fsp3) is 0.167. The minimum absolute atomic E-state index is 0.159. The summed E-state index contributed by atoms with van der Waals surface area (Å²) in [6, 6.07) is 11.7. The van der Waals surface area contributed by atoms with E-state index in [1.807, 2.05) is 0 Å². The van der Waals surface area contributed by atoms with Crippen LogP contribution in [0.4, 0.5) is 10.1 Å². The Morgan fingerprint density at radius 1 is 1.15 bits per heavy atom. The van der Waals surface area contributed by atoms with Crippen molar-refractivity contribution in [2.75, 3.05) is 25.5 Å². The molecule has 0 aliphatic heterocycles. The van der Waals surface area contributed by atoms with Gasteiger partial charge in [0.15, 0.2) is 6.61 Å². The summed E-state index contributed by atoms with van der Waals surface area (Å²) in [5.41, 5.74) is 5.69. The number of hydrogen-bond acceptors (Lipinski definition) is 4. The molecular formula is C18H18FN3O4. The van der Waals surface area contributed by atoms with Crippen molar-refractivity contribution in [3.63, 3.8) is 0 Å². The zero-order valence-corrected chi connectivity index (χ0v) is 14.1. The molecule has 3 amide bonds. The summed E-state index contributed by atoms with van der Waals surface area (Å²) < 4.78 is 18.4. The molecule has 2 rings (SSSR count). The second-order valence-corrected chi connectivity index (χ2v) is 5.46. The van der Waals surface area contributed by atoms with Crippen LogP contribution >= 0.6 is 0 Å². The van der Waals surface area contributed by atoms with Crippen molar-refractivity contribution in [1.29, 1.82) is 0 Å². The van der Waals surface area contributed by atoms with Crippen LogP contribution in [0.3, 0.4) is 0 Å². The monoisotopic (exact) mass is 359 g/mol. The van der Waals surface area contributed by atoms with Crippen LogP contribution in [0, 0.1) is 5.82 Å². The Morgan fingerprint density at radius 3 is 2.58 bits per heavy atom. The number of likely N-dealkylation sites (N-methyl/N-ethyl adjacent to an activating group) is 1. The highest BCUT2D eigenvalue weighted by Crippen LogP contribution is 2.17. The van der Waals surface area contributed by atoms with E-state index in [0.717, 1.165) is 4.90 Å². The lowest BCUT2D eigenvalue weighted by Gasteiger charge is -2.17. The number of nitrogens with one attached hydrogen (secondary N) is 1. The standard InChI is InChI=1S/C18H18FN3O4/c1-22(10-16(23)21-13-6-4-5-12(19)9-13)17(24)11-26-15-8-3-2-7-14(15)18(20)25/h2-9H,10-11H2,1H3,(H2,20,25)(H,21,23). The molecule has 0 atom stereocenters.